The van der Waals surface area contributed by atoms with Crippen LogP contribution in [0, 0.1) is 17.0 Å². The lowest BCUT2D eigenvalue weighted by Crippen LogP contribution is -2.08. The van der Waals surface area contributed by atoms with Gasteiger partial charge >= 0.3 is 5.97 Å². The molecule has 0 amide bonds. The topological polar surface area (TPSA) is 100 Å². The molecule has 3 rings (SSSR count). The predicted octanol–water partition coefficient (Wildman–Crippen LogP) is 4.60. The average molecular weight is 422 g/mol. The van der Waals surface area contributed by atoms with E-state index in [-0.39, 0.29) is 17.3 Å². The SMILES string of the molecule is C=C(C)COc1ccc(/C=C2\N=C(c3cccc([N+](=O)[O-])c3C)OC2=O)cc1OCC. The van der Waals surface area contributed by atoms with E-state index >= 15 is 0 Å². The van der Waals surface area contributed by atoms with Gasteiger partial charge in [-0.1, -0.05) is 18.7 Å². The van der Waals surface area contributed by atoms with Crippen LogP contribution in [0.15, 0.2) is 59.2 Å². The van der Waals surface area contributed by atoms with Gasteiger partial charge in [0.1, 0.15) is 6.61 Å². The van der Waals surface area contributed by atoms with Gasteiger partial charge in [-0.15, -0.1) is 0 Å². The van der Waals surface area contributed by atoms with Crippen LogP contribution in [-0.4, -0.2) is 30.0 Å². The van der Waals surface area contributed by atoms with Gasteiger partial charge in [0, 0.05) is 17.2 Å². The van der Waals surface area contributed by atoms with Gasteiger partial charge in [0.05, 0.1) is 11.5 Å². The lowest BCUT2D eigenvalue weighted by Gasteiger charge is -2.12. The van der Waals surface area contributed by atoms with Crippen LogP contribution < -0.4 is 9.47 Å². The molecule has 1 heterocycles. The van der Waals surface area contributed by atoms with Gasteiger partial charge in [0.25, 0.3) is 5.69 Å². The van der Waals surface area contributed by atoms with Gasteiger partial charge < -0.3 is 14.2 Å². The van der Waals surface area contributed by atoms with Crippen LogP contribution in [0.4, 0.5) is 5.69 Å². The summed E-state index contributed by atoms with van der Waals surface area (Å²) in [6.07, 6.45) is 1.56. The molecule has 0 aromatic heterocycles. The Balaban J connectivity index is 1.93. The van der Waals surface area contributed by atoms with E-state index in [1.807, 2.05) is 13.8 Å². The summed E-state index contributed by atoms with van der Waals surface area (Å²) in [6.45, 7) is 9.94. The summed E-state index contributed by atoms with van der Waals surface area (Å²) < 4.78 is 16.6. The molecular weight excluding hydrogens is 400 g/mol. The molecule has 0 radical (unpaired) electrons. The summed E-state index contributed by atoms with van der Waals surface area (Å²) in [6, 6.07) is 9.79. The summed E-state index contributed by atoms with van der Waals surface area (Å²) in [5.74, 6) is 0.492. The molecule has 160 valence electrons. The zero-order chi connectivity index (χ0) is 22.5. The molecule has 1 aliphatic heterocycles. The number of carbonyl (C=O) groups excluding carboxylic acids is 1. The number of hydrogen-bond acceptors (Lipinski definition) is 7. The molecule has 0 saturated carbocycles. The first kappa shape index (κ1) is 21.8. The van der Waals surface area contributed by atoms with Crippen molar-refractivity contribution in [3.63, 3.8) is 0 Å². The number of nitro groups is 1. The highest BCUT2D eigenvalue weighted by atomic mass is 16.6. The largest absolute Gasteiger partial charge is 0.490 e. The summed E-state index contributed by atoms with van der Waals surface area (Å²) in [5.41, 5.74) is 2.32. The maximum atomic E-state index is 12.3. The number of rotatable bonds is 8. The van der Waals surface area contributed by atoms with Crippen molar-refractivity contribution in [3.8, 4) is 11.5 Å². The maximum Gasteiger partial charge on any atom is 0.363 e. The number of aliphatic imine (C=N–C) groups is 1. The van der Waals surface area contributed by atoms with Crippen molar-refractivity contribution < 1.29 is 23.9 Å². The van der Waals surface area contributed by atoms with E-state index in [0.29, 0.717) is 41.4 Å². The highest BCUT2D eigenvalue weighted by Gasteiger charge is 2.27. The molecule has 0 atom stereocenters. The lowest BCUT2D eigenvalue weighted by atomic mass is 10.1. The third kappa shape index (κ3) is 4.98. The van der Waals surface area contributed by atoms with Crippen molar-refractivity contribution in [3.05, 3.63) is 81.1 Å². The molecule has 8 heteroatoms. The van der Waals surface area contributed by atoms with Crippen LogP contribution in [0.3, 0.4) is 0 Å². The Labute approximate surface area is 179 Å². The molecule has 0 aliphatic carbocycles. The Hall–Kier alpha value is -3.94. The number of ether oxygens (including phenoxy) is 3. The van der Waals surface area contributed by atoms with Crippen molar-refractivity contribution in [2.45, 2.75) is 20.8 Å². The molecule has 0 fully saturated rings. The number of hydrogen-bond donors (Lipinski definition) is 0. The van der Waals surface area contributed by atoms with E-state index in [1.165, 1.54) is 12.1 Å². The van der Waals surface area contributed by atoms with E-state index in [2.05, 4.69) is 11.6 Å². The fraction of sp³-hybridized carbons (Fsp3) is 0.217. The Morgan fingerprint density at radius 2 is 2.03 bits per heavy atom. The first-order valence-corrected chi connectivity index (χ1v) is 9.61. The van der Waals surface area contributed by atoms with Crippen LogP contribution in [0.25, 0.3) is 6.08 Å². The van der Waals surface area contributed by atoms with Crippen LogP contribution in [-0.2, 0) is 9.53 Å². The molecule has 1 aliphatic rings. The van der Waals surface area contributed by atoms with Gasteiger partial charge in [0.15, 0.2) is 17.2 Å². The molecule has 2 aromatic rings. The number of nitro benzene ring substituents is 1. The van der Waals surface area contributed by atoms with Crippen LogP contribution in [0.2, 0.25) is 0 Å². The third-order valence-electron chi connectivity index (χ3n) is 4.40. The van der Waals surface area contributed by atoms with Gasteiger partial charge in [0.2, 0.25) is 5.90 Å². The Morgan fingerprint density at radius 3 is 2.71 bits per heavy atom. The van der Waals surface area contributed by atoms with E-state index in [9.17, 15) is 14.9 Å². The summed E-state index contributed by atoms with van der Waals surface area (Å²) in [7, 11) is 0. The smallest absolute Gasteiger partial charge is 0.363 e. The molecule has 8 nitrogen and oxygen atoms in total. The molecule has 0 spiro atoms. The highest BCUT2D eigenvalue weighted by molar-refractivity contribution is 6.13. The van der Waals surface area contributed by atoms with Crippen LogP contribution >= 0.6 is 0 Å². The van der Waals surface area contributed by atoms with Gasteiger partial charge in [-0.3, -0.25) is 10.1 Å². The molecule has 0 saturated heterocycles. The van der Waals surface area contributed by atoms with Gasteiger partial charge in [-0.25, -0.2) is 9.79 Å². The summed E-state index contributed by atoms with van der Waals surface area (Å²) in [4.78, 5) is 27.3. The molecular formula is C23H22N2O6. The maximum absolute atomic E-state index is 12.3. The van der Waals surface area contributed by atoms with Crippen LogP contribution in [0.5, 0.6) is 11.5 Å². The van der Waals surface area contributed by atoms with Crippen LogP contribution in [0.1, 0.15) is 30.5 Å². The molecule has 31 heavy (non-hydrogen) atoms. The van der Waals surface area contributed by atoms with Crippen molar-refractivity contribution in [1.29, 1.82) is 0 Å². The standard InChI is InChI=1S/C23H22N2O6/c1-5-29-21-12-16(9-10-20(21)30-13-14(2)3)11-18-23(26)31-22(24-18)17-7-6-8-19(15(17)4)25(27)28/h6-12H,2,5,13H2,1,3-4H3/b18-11-. The third-order valence-corrected chi connectivity index (χ3v) is 4.40. The number of esters is 1. The van der Waals surface area contributed by atoms with Crippen molar-refractivity contribution >= 4 is 23.6 Å². The predicted molar refractivity (Wildman–Crippen MR) is 116 cm³/mol. The number of cyclic esters (lactones) is 1. The highest BCUT2D eigenvalue weighted by Crippen LogP contribution is 2.31. The number of carbonyl (C=O) groups is 1. The zero-order valence-electron chi connectivity index (χ0n) is 17.5. The number of nitrogens with zero attached hydrogens (tertiary/aromatic N) is 2. The lowest BCUT2D eigenvalue weighted by molar-refractivity contribution is -0.385. The molecule has 2 aromatic carbocycles. The number of benzene rings is 2. The summed E-state index contributed by atoms with van der Waals surface area (Å²) >= 11 is 0. The average Bonchev–Trinajstić information content (AvgIpc) is 3.07. The second-order valence-corrected chi connectivity index (χ2v) is 6.93. The minimum absolute atomic E-state index is 0.0314. The Morgan fingerprint density at radius 1 is 1.26 bits per heavy atom. The van der Waals surface area contributed by atoms with E-state index in [1.54, 1.807) is 37.3 Å². The normalized spacial score (nSPS) is 14.2. The van der Waals surface area contributed by atoms with Gasteiger partial charge in [-0.05, 0) is 56.2 Å². The minimum atomic E-state index is -0.638. The minimum Gasteiger partial charge on any atom is -0.490 e. The van der Waals surface area contributed by atoms with E-state index in [0.717, 1.165) is 5.57 Å². The monoisotopic (exact) mass is 422 g/mol. The first-order chi connectivity index (χ1) is 14.8. The second-order valence-electron chi connectivity index (χ2n) is 6.93. The summed E-state index contributed by atoms with van der Waals surface area (Å²) in [5, 5.41) is 11.2. The quantitative estimate of drug-likeness (QED) is 0.203. The zero-order valence-corrected chi connectivity index (χ0v) is 17.5. The van der Waals surface area contributed by atoms with Gasteiger partial charge in [-0.2, -0.15) is 0 Å². The Kier molecular flexibility index (Phi) is 6.49. The van der Waals surface area contributed by atoms with Crippen molar-refractivity contribution in [2.75, 3.05) is 13.2 Å². The van der Waals surface area contributed by atoms with E-state index in [4.69, 9.17) is 14.2 Å². The fourth-order valence-corrected chi connectivity index (χ4v) is 2.94. The fourth-order valence-electron chi connectivity index (χ4n) is 2.94. The Bertz CT molecular complexity index is 1120. The van der Waals surface area contributed by atoms with Crippen molar-refractivity contribution in [1.82, 2.24) is 0 Å². The van der Waals surface area contributed by atoms with Crippen molar-refractivity contribution in [2.24, 2.45) is 4.99 Å². The first-order valence-electron chi connectivity index (χ1n) is 9.61. The molecule has 0 unspecified atom stereocenters. The molecule has 0 N–H and O–H groups in total. The second kappa shape index (κ2) is 9.25. The molecule has 0 bridgehead atoms. The van der Waals surface area contributed by atoms with E-state index < -0.39 is 10.9 Å².